The summed E-state index contributed by atoms with van der Waals surface area (Å²) in [5.74, 6) is 8.35. The van der Waals surface area contributed by atoms with Gasteiger partial charge in [0, 0.05) is 16.6 Å². The molecule has 1 unspecified atom stereocenters. The predicted molar refractivity (Wildman–Crippen MR) is 130 cm³/mol. The number of aromatic nitrogens is 2. The minimum atomic E-state index is -0.322. The van der Waals surface area contributed by atoms with Gasteiger partial charge in [0.15, 0.2) is 0 Å². The maximum absolute atomic E-state index is 11.2. The highest BCUT2D eigenvalue weighted by Crippen LogP contribution is 2.29. The van der Waals surface area contributed by atoms with Crippen LogP contribution < -0.4 is 15.4 Å². The second-order valence-corrected chi connectivity index (χ2v) is 7.85. The van der Waals surface area contributed by atoms with Crippen molar-refractivity contribution in [3.63, 3.8) is 0 Å². The largest absolute Gasteiger partial charge is 0.457 e. The van der Waals surface area contributed by atoms with Crippen LogP contribution in [0, 0.1) is 18.8 Å². The molecule has 1 aliphatic rings. The first-order valence-corrected chi connectivity index (χ1v) is 10.9. The molecule has 7 nitrogen and oxygen atoms in total. The number of nitrogens with one attached hydrogen (secondary N) is 2. The van der Waals surface area contributed by atoms with Gasteiger partial charge >= 0.3 is 0 Å². The molecule has 0 bridgehead atoms. The van der Waals surface area contributed by atoms with Crippen LogP contribution in [0.1, 0.15) is 11.1 Å². The Hall–Kier alpha value is -4.41. The lowest BCUT2D eigenvalue weighted by Gasteiger charge is -2.18. The van der Waals surface area contributed by atoms with E-state index in [0.717, 1.165) is 39.2 Å². The third-order valence-electron chi connectivity index (χ3n) is 5.32. The van der Waals surface area contributed by atoms with Crippen molar-refractivity contribution in [1.29, 1.82) is 0 Å². The highest BCUT2D eigenvalue weighted by atomic mass is 16.5. The van der Waals surface area contributed by atoms with Crippen LogP contribution >= 0.6 is 0 Å². The molecular formula is C27H22N4O3. The van der Waals surface area contributed by atoms with Gasteiger partial charge < -0.3 is 20.1 Å². The lowest BCUT2D eigenvalue weighted by molar-refractivity contribution is -0.131. The summed E-state index contributed by atoms with van der Waals surface area (Å²) in [4.78, 5) is 20.0. The highest BCUT2D eigenvalue weighted by molar-refractivity contribution is 5.91. The average Bonchev–Trinajstić information content (AvgIpc) is 2.86. The minimum Gasteiger partial charge on any atom is -0.457 e. The molecule has 0 radical (unpaired) electrons. The van der Waals surface area contributed by atoms with E-state index in [0.29, 0.717) is 12.4 Å². The molecule has 1 aliphatic heterocycles. The SMILES string of the molecule is Cc1cc(Nc2ncnc3ccc(C#CC4CNC(=O)CO4)cc23)ccc1Oc1ccccc1. The van der Waals surface area contributed by atoms with Gasteiger partial charge in [-0.3, -0.25) is 4.79 Å². The molecule has 7 heteroatoms. The maximum atomic E-state index is 11.2. The first kappa shape index (κ1) is 21.4. The van der Waals surface area contributed by atoms with Gasteiger partial charge in [-0.15, -0.1) is 0 Å². The quantitative estimate of drug-likeness (QED) is 0.450. The Morgan fingerprint density at radius 2 is 1.97 bits per heavy atom. The molecule has 168 valence electrons. The van der Waals surface area contributed by atoms with Crippen LogP contribution in [0.15, 0.2) is 73.1 Å². The van der Waals surface area contributed by atoms with E-state index in [9.17, 15) is 4.79 Å². The molecule has 1 amide bonds. The van der Waals surface area contributed by atoms with E-state index in [1.165, 1.54) is 6.33 Å². The first-order valence-electron chi connectivity index (χ1n) is 10.9. The molecule has 0 saturated carbocycles. The van der Waals surface area contributed by atoms with Crippen molar-refractivity contribution in [2.75, 3.05) is 18.5 Å². The zero-order valence-electron chi connectivity index (χ0n) is 18.5. The fraction of sp³-hybridized carbons (Fsp3) is 0.148. The predicted octanol–water partition coefficient (Wildman–Crippen LogP) is 4.34. The second kappa shape index (κ2) is 9.61. The monoisotopic (exact) mass is 450 g/mol. The second-order valence-electron chi connectivity index (χ2n) is 7.85. The van der Waals surface area contributed by atoms with Crippen molar-refractivity contribution in [3.05, 3.63) is 84.2 Å². The summed E-state index contributed by atoms with van der Waals surface area (Å²) in [5.41, 5.74) is 3.51. The van der Waals surface area contributed by atoms with Gasteiger partial charge in [-0.25, -0.2) is 9.97 Å². The molecule has 1 atom stereocenters. The number of benzene rings is 3. The number of nitrogens with zero attached hydrogens (tertiary/aromatic N) is 2. The fourth-order valence-electron chi connectivity index (χ4n) is 3.58. The Balaban J connectivity index is 1.37. The van der Waals surface area contributed by atoms with Crippen LogP contribution in [-0.4, -0.2) is 35.1 Å². The van der Waals surface area contributed by atoms with E-state index in [1.54, 1.807) is 0 Å². The molecule has 2 heterocycles. The maximum Gasteiger partial charge on any atom is 0.246 e. The Morgan fingerprint density at radius 3 is 2.76 bits per heavy atom. The van der Waals surface area contributed by atoms with Crippen LogP contribution in [-0.2, 0) is 9.53 Å². The number of amides is 1. The van der Waals surface area contributed by atoms with Gasteiger partial charge in [0.05, 0.1) is 12.1 Å². The number of rotatable bonds is 4. The third-order valence-corrected chi connectivity index (χ3v) is 5.32. The van der Waals surface area contributed by atoms with Gasteiger partial charge in [-0.05, 0) is 61.0 Å². The number of hydrogen-bond acceptors (Lipinski definition) is 6. The molecule has 0 aliphatic carbocycles. The molecule has 5 rings (SSSR count). The number of fused-ring (bicyclic) bond motifs is 1. The number of para-hydroxylation sites is 1. The third kappa shape index (κ3) is 4.98. The van der Waals surface area contributed by atoms with Crippen molar-refractivity contribution in [2.24, 2.45) is 0 Å². The van der Waals surface area contributed by atoms with Crippen LogP contribution in [0.2, 0.25) is 0 Å². The normalized spacial score (nSPS) is 15.2. The van der Waals surface area contributed by atoms with Crippen LogP contribution in [0.25, 0.3) is 10.9 Å². The summed E-state index contributed by atoms with van der Waals surface area (Å²) in [6.45, 7) is 2.43. The summed E-state index contributed by atoms with van der Waals surface area (Å²) in [5, 5.41) is 7.00. The lowest BCUT2D eigenvalue weighted by Crippen LogP contribution is -2.42. The molecule has 34 heavy (non-hydrogen) atoms. The van der Waals surface area contributed by atoms with Crippen molar-refractivity contribution in [3.8, 4) is 23.3 Å². The Kier molecular flexibility index (Phi) is 6.06. The van der Waals surface area contributed by atoms with Gasteiger partial charge in [0.2, 0.25) is 5.91 Å². The molecular weight excluding hydrogens is 428 g/mol. The van der Waals surface area contributed by atoms with E-state index in [-0.39, 0.29) is 18.6 Å². The number of ether oxygens (including phenoxy) is 2. The number of carbonyl (C=O) groups excluding carboxylic acids is 1. The average molecular weight is 450 g/mol. The smallest absolute Gasteiger partial charge is 0.246 e. The number of anilines is 2. The van der Waals surface area contributed by atoms with Crippen LogP contribution in [0.4, 0.5) is 11.5 Å². The van der Waals surface area contributed by atoms with Gasteiger partial charge in [0.25, 0.3) is 0 Å². The van der Waals surface area contributed by atoms with E-state index in [4.69, 9.17) is 9.47 Å². The van der Waals surface area contributed by atoms with E-state index < -0.39 is 0 Å². The van der Waals surface area contributed by atoms with Crippen molar-refractivity contribution in [1.82, 2.24) is 15.3 Å². The topological polar surface area (TPSA) is 85.4 Å². The number of morpholine rings is 1. The molecule has 3 aromatic carbocycles. The number of aryl methyl sites for hydroxylation is 1. The van der Waals surface area contributed by atoms with E-state index >= 15 is 0 Å². The van der Waals surface area contributed by atoms with Crippen molar-refractivity contribution >= 4 is 28.3 Å². The molecule has 0 spiro atoms. The fourth-order valence-corrected chi connectivity index (χ4v) is 3.58. The van der Waals surface area contributed by atoms with Gasteiger partial charge in [-0.2, -0.15) is 0 Å². The lowest BCUT2D eigenvalue weighted by atomic mass is 10.1. The summed E-state index contributed by atoms with van der Waals surface area (Å²) in [6, 6.07) is 21.4. The van der Waals surface area contributed by atoms with Gasteiger partial charge in [-0.1, -0.05) is 30.0 Å². The zero-order valence-corrected chi connectivity index (χ0v) is 18.5. The molecule has 1 fully saturated rings. The number of carbonyl (C=O) groups is 1. The molecule has 2 N–H and O–H groups in total. The van der Waals surface area contributed by atoms with E-state index in [2.05, 4.69) is 32.4 Å². The standard InChI is InChI=1S/C27H22N4O3/c1-18-13-20(9-12-25(18)34-21-5-3-2-4-6-21)31-27-23-14-19(8-11-24(23)29-17-30-27)7-10-22-15-28-26(32)16-33-22/h2-6,8-9,11-14,17,22H,15-16H2,1H3,(H,28,32)(H,29,30,31). The summed E-state index contributed by atoms with van der Waals surface area (Å²) in [6.07, 6.45) is 1.21. The summed E-state index contributed by atoms with van der Waals surface area (Å²) < 4.78 is 11.4. The molecule has 1 aromatic heterocycles. The Bertz CT molecular complexity index is 1400. The summed E-state index contributed by atoms with van der Waals surface area (Å²) >= 11 is 0. The van der Waals surface area contributed by atoms with Crippen molar-refractivity contribution in [2.45, 2.75) is 13.0 Å². The Labute approximate surface area is 197 Å². The molecule has 1 saturated heterocycles. The zero-order chi connectivity index (χ0) is 23.3. The minimum absolute atomic E-state index is 0.0353. The first-order chi connectivity index (χ1) is 16.6. The van der Waals surface area contributed by atoms with Crippen LogP contribution in [0.5, 0.6) is 11.5 Å². The van der Waals surface area contributed by atoms with Gasteiger partial charge in [0.1, 0.15) is 36.4 Å². The molecule has 4 aromatic rings. The Morgan fingerprint density at radius 1 is 1.09 bits per heavy atom. The van der Waals surface area contributed by atoms with Crippen LogP contribution in [0.3, 0.4) is 0 Å². The highest BCUT2D eigenvalue weighted by Gasteiger charge is 2.15. The van der Waals surface area contributed by atoms with E-state index in [1.807, 2.05) is 73.7 Å². The number of hydrogen-bond donors (Lipinski definition) is 2. The van der Waals surface area contributed by atoms with Crippen molar-refractivity contribution < 1.29 is 14.3 Å². The summed E-state index contributed by atoms with van der Waals surface area (Å²) in [7, 11) is 0.